The highest BCUT2D eigenvalue weighted by Gasteiger charge is 2.43. The molecule has 0 unspecified atom stereocenters. The van der Waals surface area contributed by atoms with Crippen molar-refractivity contribution < 1.29 is 9.59 Å². The lowest BCUT2D eigenvalue weighted by Crippen LogP contribution is -2.60. The minimum absolute atomic E-state index is 0.0356. The highest BCUT2D eigenvalue weighted by molar-refractivity contribution is 6.01. The number of hydrogen-bond acceptors (Lipinski definition) is 3. The van der Waals surface area contributed by atoms with E-state index in [4.69, 9.17) is 0 Å². The number of benzene rings is 3. The van der Waals surface area contributed by atoms with E-state index in [-0.39, 0.29) is 18.4 Å². The lowest BCUT2D eigenvalue weighted by molar-refractivity contribution is -0.157. The second-order valence-corrected chi connectivity index (χ2v) is 8.08. The van der Waals surface area contributed by atoms with E-state index in [2.05, 4.69) is 16.2 Å². The predicted molar refractivity (Wildman–Crippen MR) is 120 cm³/mol. The maximum absolute atomic E-state index is 13.3. The van der Waals surface area contributed by atoms with Gasteiger partial charge in [-0.25, -0.2) is 5.01 Å². The Hall–Kier alpha value is -3.93. The summed E-state index contributed by atoms with van der Waals surface area (Å²) in [5, 5.41) is 9.05. The fourth-order valence-corrected chi connectivity index (χ4v) is 4.75. The topological polar surface area (TPSA) is 68.8 Å². The maximum atomic E-state index is 13.3. The predicted octanol–water partition coefficient (Wildman–Crippen LogP) is 3.45. The number of nitrogens with one attached hydrogen (secondary N) is 1. The Bertz CT molecular complexity index is 1380. The van der Waals surface area contributed by atoms with Gasteiger partial charge in [-0.1, -0.05) is 60.7 Å². The number of carbonyl (C=O) groups is 2. The van der Waals surface area contributed by atoms with E-state index in [0.29, 0.717) is 13.0 Å². The number of H-pyrrole nitrogens is 1. The van der Waals surface area contributed by atoms with Crippen molar-refractivity contribution in [1.29, 1.82) is 0 Å². The van der Waals surface area contributed by atoms with Crippen LogP contribution in [-0.2, 0) is 22.6 Å². The van der Waals surface area contributed by atoms with Crippen molar-refractivity contribution in [3.05, 3.63) is 83.6 Å². The Morgan fingerprint density at radius 2 is 1.68 bits per heavy atom. The van der Waals surface area contributed by atoms with Crippen LogP contribution >= 0.6 is 0 Å². The van der Waals surface area contributed by atoms with Crippen LogP contribution < -0.4 is 0 Å². The van der Waals surface area contributed by atoms with E-state index >= 15 is 0 Å². The normalized spacial score (nSPS) is 18.8. The molecular formula is C25H20N4O2. The Balaban J connectivity index is 1.32. The molecule has 1 atom stereocenters. The first-order valence-electron chi connectivity index (χ1n) is 10.4. The molecule has 6 heteroatoms. The first kappa shape index (κ1) is 17.9. The smallest absolute Gasteiger partial charge is 0.266 e. The molecule has 6 rings (SSSR count). The molecule has 6 nitrogen and oxygen atoms in total. The zero-order valence-electron chi connectivity index (χ0n) is 16.8. The van der Waals surface area contributed by atoms with Gasteiger partial charge in [0, 0.05) is 28.6 Å². The lowest BCUT2D eigenvalue weighted by Gasteiger charge is -2.40. The number of hydrazone groups is 1. The number of amides is 2. The Kier molecular flexibility index (Phi) is 3.93. The minimum Gasteiger partial charge on any atom is -0.357 e. The Morgan fingerprint density at radius 3 is 2.58 bits per heavy atom. The quantitative estimate of drug-likeness (QED) is 0.516. The van der Waals surface area contributed by atoms with E-state index in [1.165, 1.54) is 5.01 Å². The van der Waals surface area contributed by atoms with E-state index in [9.17, 15) is 9.59 Å². The third-order valence-electron chi connectivity index (χ3n) is 6.31. The summed E-state index contributed by atoms with van der Waals surface area (Å²) in [6.07, 6.45) is 2.19. The average molecular weight is 408 g/mol. The molecule has 0 saturated carbocycles. The van der Waals surface area contributed by atoms with E-state index in [0.717, 1.165) is 38.5 Å². The highest BCUT2D eigenvalue weighted by atomic mass is 16.2. The van der Waals surface area contributed by atoms with Gasteiger partial charge in [0.15, 0.2) is 0 Å². The molecule has 2 amide bonds. The molecule has 0 bridgehead atoms. The molecule has 1 N–H and O–H groups in total. The Labute approximate surface area is 178 Å². The van der Waals surface area contributed by atoms with E-state index in [1.807, 2.05) is 60.7 Å². The van der Waals surface area contributed by atoms with Crippen LogP contribution in [0.3, 0.4) is 0 Å². The van der Waals surface area contributed by atoms with E-state index < -0.39 is 6.04 Å². The number of aromatic amines is 1. The van der Waals surface area contributed by atoms with Gasteiger partial charge < -0.3 is 9.88 Å². The lowest BCUT2D eigenvalue weighted by atomic mass is 9.94. The third kappa shape index (κ3) is 2.83. The molecule has 2 aliphatic rings. The van der Waals surface area contributed by atoms with Crippen molar-refractivity contribution in [2.45, 2.75) is 19.0 Å². The number of rotatable bonds is 2. The summed E-state index contributed by atoms with van der Waals surface area (Å²) in [6, 6.07) is 21.6. The van der Waals surface area contributed by atoms with Crippen LogP contribution in [0.1, 0.15) is 16.8 Å². The fraction of sp³-hybridized carbons (Fsp3) is 0.160. The SMILES string of the molecule is O=C1[C@H]2Cc3c([nH]c4ccccc34)CN2C(=O)CN1/N=C\c1cccc2ccccc12. The van der Waals surface area contributed by atoms with Crippen molar-refractivity contribution in [1.82, 2.24) is 14.9 Å². The molecular weight excluding hydrogens is 388 g/mol. The second-order valence-electron chi connectivity index (χ2n) is 8.08. The number of piperazine rings is 1. The van der Waals surface area contributed by atoms with Crippen LogP contribution in [0, 0.1) is 0 Å². The standard InChI is InChI=1S/C25H20N4O2/c30-24-15-29(26-13-17-8-5-7-16-6-1-2-9-18(16)17)25(31)23-12-20-19-10-3-4-11-21(19)27-22(20)14-28(23)24/h1-11,13,23,27H,12,14-15H2/b26-13-/t23-/m1/s1. The summed E-state index contributed by atoms with van der Waals surface area (Å²) in [5.74, 6) is -0.212. The van der Waals surface area contributed by atoms with Crippen LogP contribution in [0.5, 0.6) is 0 Å². The van der Waals surface area contributed by atoms with Crippen molar-refractivity contribution in [3.63, 3.8) is 0 Å². The van der Waals surface area contributed by atoms with Crippen LogP contribution in [-0.4, -0.2) is 45.5 Å². The van der Waals surface area contributed by atoms with Crippen LogP contribution in [0.25, 0.3) is 21.7 Å². The first-order valence-corrected chi connectivity index (χ1v) is 10.4. The first-order chi connectivity index (χ1) is 15.2. The van der Waals surface area contributed by atoms with Crippen LogP contribution in [0.2, 0.25) is 0 Å². The molecule has 1 aromatic heterocycles. The van der Waals surface area contributed by atoms with Gasteiger partial charge in [0.2, 0.25) is 5.91 Å². The second kappa shape index (κ2) is 6.80. The monoisotopic (exact) mass is 408 g/mol. The Morgan fingerprint density at radius 1 is 0.903 bits per heavy atom. The number of carbonyl (C=O) groups excluding carboxylic acids is 2. The van der Waals surface area contributed by atoms with Gasteiger partial charge in [-0.15, -0.1) is 0 Å². The van der Waals surface area contributed by atoms with Gasteiger partial charge in [0.25, 0.3) is 5.91 Å². The molecule has 3 aromatic carbocycles. The molecule has 1 saturated heterocycles. The molecule has 4 aromatic rings. The van der Waals surface area contributed by atoms with Gasteiger partial charge in [0.05, 0.1) is 12.8 Å². The van der Waals surface area contributed by atoms with E-state index in [1.54, 1.807) is 11.1 Å². The molecule has 0 radical (unpaired) electrons. The minimum atomic E-state index is -0.516. The van der Waals surface area contributed by atoms with Crippen molar-refractivity contribution in [2.24, 2.45) is 5.10 Å². The average Bonchev–Trinajstić information content (AvgIpc) is 3.17. The van der Waals surface area contributed by atoms with Gasteiger partial charge in [-0.05, 0) is 22.4 Å². The van der Waals surface area contributed by atoms with Gasteiger partial charge in [0.1, 0.15) is 12.6 Å². The summed E-state index contributed by atoms with van der Waals surface area (Å²) in [7, 11) is 0. The molecule has 1 fully saturated rings. The molecule has 31 heavy (non-hydrogen) atoms. The number of para-hydroxylation sites is 1. The van der Waals surface area contributed by atoms with Crippen LogP contribution in [0.15, 0.2) is 71.8 Å². The highest BCUT2D eigenvalue weighted by Crippen LogP contribution is 2.32. The number of hydrogen-bond donors (Lipinski definition) is 1. The van der Waals surface area contributed by atoms with Gasteiger partial charge >= 0.3 is 0 Å². The third-order valence-corrected chi connectivity index (χ3v) is 6.31. The number of aromatic nitrogens is 1. The summed E-state index contributed by atoms with van der Waals surface area (Å²) >= 11 is 0. The molecule has 0 spiro atoms. The summed E-state index contributed by atoms with van der Waals surface area (Å²) in [6.45, 7) is 0.395. The molecule has 0 aliphatic carbocycles. The zero-order chi connectivity index (χ0) is 20.9. The number of nitrogens with zero attached hydrogens (tertiary/aromatic N) is 3. The number of fused-ring (bicyclic) bond motifs is 5. The van der Waals surface area contributed by atoms with Gasteiger partial charge in [-0.3, -0.25) is 9.59 Å². The fourth-order valence-electron chi connectivity index (χ4n) is 4.75. The van der Waals surface area contributed by atoms with Crippen molar-refractivity contribution in [2.75, 3.05) is 6.54 Å². The summed E-state index contributed by atoms with van der Waals surface area (Å²) < 4.78 is 0. The maximum Gasteiger partial charge on any atom is 0.266 e. The van der Waals surface area contributed by atoms with Crippen molar-refractivity contribution in [3.8, 4) is 0 Å². The molecule has 3 heterocycles. The van der Waals surface area contributed by atoms with Gasteiger partial charge in [-0.2, -0.15) is 5.10 Å². The largest absolute Gasteiger partial charge is 0.357 e. The molecule has 152 valence electrons. The zero-order valence-corrected chi connectivity index (χ0v) is 16.8. The summed E-state index contributed by atoms with van der Waals surface area (Å²) in [4.78, 5) is 31.2. The van der Waals surface area contributed by atoms with Crippen LogP contribution in [0.4, 0.5) is 0 Å². The summed E-state index contributed by atoms with van der Waals surface area (Å²) in [5.41, 5.74) is 4.10. The molecule has 2 aliphatic heterocycles. The van der Waals surface area contributed by atoms with Crippen molar-refractivity contribution >= 4 is 39.7 Å².